The minimum atomic E-state index is 0.294. The smallest absolute Gasteiger partial charge is 0.138 e. The number of likely N-dealkylation sites (tertiary alicyclic amines) is 1. The Hall–Kier alpha value is -1.13. The number of hydrogen-bond acceptors (Lipinski definition) is 4. The van der Waals surface area contributed by atoms with Gasteiger partial charge in [-0.15, -0.1) is 0 Å². The van der Waals surface area contributed by atoms with Gasteiger partial charge in [-0.2, -0.15) is 0 Å². The lowest BCUT2D eigenvalue weighted by molar-refractivity contribution is 0.111. The van der Waals surface area contributed by atoms with E-state index in [1.807, 2.05) is 13.0 Å². The van der Waals surface area contributed by atoms with Gasteiger partial charge < -0.3 is 10.8 Å². The highest BCUT2D eigenvalue weighted by molar-refractivity contribution is 5.27. The Bertz CT molecular complexity index is 408. The molecule has 0 bridgehead atoms. The fraction of sp³-hybridized carbons (Fsp3) is 0.643. The molecule has 0 saturated carbocycles. The van der Waals surface area contributed by atoms with Crippen LogP contribution in [-0.2, 0) is 6.54 Å². The molecule has 1 aliphatic rings. The maximum atomic E-state index is 9.86. The van der Waals surface area contributed by atoms with Gasteiger partial charge in [0.25, 0.3) is 0 Å². The molecule has 4 nitrogen and oxygen atoms in total. The molecule has 18 heavy (non-hydrogen) atoms. The molecule has 2 rings (SSSR count). The van der Waals surface area contributed by atoms with Crippen molar-refractivity contribution in [2.24, 2.45) is 11.7 Å². The van der Waals surface area contributed by atoms with Gasteiger partial charge in [-0.25, -0.2) is 0 Å². The van der Waals surface area contributed by atoms with Crippen LogP contribution in [0, 0.1) is 12.8 Å². The number of aromatic nitrogens is 1. The number of hydrogen-bond donors (Lipinski definition) is 2. The summed E-state index contributed by atoms with van der Waals surface area (Å²) in [4.78, 5) is 6.81. The van der Waals surface area contributed by atoms with E-state index in [0.717, 1.165) is 24.5 Å². The zero-order chi connectivity index (χ0) is 13.1. The normalized spacial score (nSPS) is 25.3. The summed E-state index contributed by atoms with van der Waals surface area (Å²) >= 11 is 0. The van der Waals surface area contributed by atoms with Crippen LogP contribution >= 0.6 is 0 Å². The number of rotatable bonds is 3. The SMILES string of the molecule is Cc1ccc(O)c(CN2CC(CN)CCC2C)n1. The lowest BCUT2D eigenvalue weighted by Crippen LogP contribution is -2.43. The van der Waals surface area contributed by atoms with E-state index in [0.29, 0.717) is 24.3 Å². The molecule has 2 heterocycles. The molecule has 1 aromatic heterocycles. The largest absolute Gasteiger partial charge is 0.506 e. The molecular formula is C14H23N3O. The third-order valence-corrected chi connectivity index (χ3v) is 3.88. The number of nitrogens with zero attached hydrogens (tertiary/aromatic N) is 2. The van der Waals surface area contributed by atoms with E-state index in [2.05, 4.69) is 16.8 Å². The molecule has 0 amide bonds. The average molecular weight is 249 g/mol. The summed E-state index contributed by atoms with van der Waals surface area (Å²) in [5.41, 5.74) is 7.49. The van der Waals surface area contributed by atoms with Crippen molar-refractivity contribution in [1.82, 2.24) is 9.88 Å². The van der Waals surface area contributed by atoms with Crippen molar-refractivity contribution >= 4 is 0 Å². The van der Waals surface area contributed by atoms with Gasteiger partial charge in [-0.1, -0.05) is 0 Å². The van der Waals surface area contributed by atoms with Crippen LogP contribution in [0.25, 0.3) is 0 Å². The Kier molecular flexibility index (Phi) is 4.19. The van der Waals surface area contributed by atoms with E-state index < -0.39 is 0 Å². The molecular weight excluding hydrogens is 226 g/mol. The second-order valence-electron chi connectivity index (χ2n) is 5.38. The van der Waals surface area contributed by atoms with Gasteiger partial charge in [0.05, 0.1) is 5.69 Å². The molecule has 1 fully saturated rings. The molecule has 1 saturated heterocycles. The van der Waals surface area contributed by atoms with E-state index in [4.69, 9.17) is 5.73 Å². The maximum Gasteiger partial charge on any atom is 0.138 e. The second-order valence-corrected chi connectivity index (χ2v) is 5.38. The standard InChI is InChI=1S/C14H23N3O/c1-10-3-6-14(18)13(16-10)9-17-8-12(7-15)5-4-11(17)2/h3,6,11-12,18H,4-5,7-9,15H2,1-2H3. The van der Waals surface area contributed by atoms with Crippen LogP contribution in [0.4, 0.5) is 0 Å². The minimum absolute atomic E-state index is 0.294. The molecule has 100 valence electrons. The Morgan fingerprint density at radius 3 is 2.94 bits per heavy atom. The lowest BCUT2D eigenvalue weighted by Gasteiger charge is -2.37. The van der Waals surface area contributed by atoms with Crippen molar-refractivity contribution in [3.63, 3.8) is 0 Å². The van der Waals surface area contributed by atoms with Gasteiger partial charge in [-0.05, 0) is 51.3 Å². The Morgan fingerprint density at radius 2 is 2.22 bits per heavy atom. The highest BCUT2D eigenvalue weighted by Gasteiger charge is 2.25. The maximum absolute atomic E-state index is 9.86. The van der Waals surface area contributed by atoms with Crippen LogP contribution in [-0.4, -0.2) is 34.1 Å². The summed E-state index contributed by atoms with van der Waals surface area (Å²) in [6.07, 6.45) is 2.38. The Balaban J connectivity index is 2.09. The predicted molar refractivity (Wildman–Crippen MR) is 72.3 cm³/mol. The predicted octanol–water partition coefficient (Wildman–Crippen LogP) is 1.65. The summed E-state index contributed by atoms with van der Waals surface area (Å²) in [7, 11) is 0. The first-order chi connectivity index (χ1) is 8.60. The van der Waals surface area contributed by atoms with Crippen LogP contribution in [0.2, 0.25) is 0 Å². The van der Waals surface area contributed by atoms with E-state index in [1.165, 1.54) is 12.8 Å². The first kappa shape index (κ1) is 13.3. The van der Waals surface area contributed by atoms with Crippen LogP contribution < -0.4 is 5.73 Å². The third-order valence-electron chi connectivity index (χ3n) is 3.88. The molecule has 2 unspecified atom stereocenters. The molecule has 0 aliphatic carbocycles. The highest BCUT2D eigenvalue weighted by Crippen LogP contribution is 2.25. The molecule has 1 aromatic rings. The van der Waals surface area contributed by atoms with Gasteiger partial charge in [0.1, 0.15) is 5.75 Å². The van der Waals surface area contributed by atoms with Gasteiger partial charge in [-0.3, -0.25) is 9.88 Å². The zero-order valence-corrected chi connectivity index (χ0v) is 11.3. The van der Waals surface area contributed by atoms with E-state index in [9.17, 15) is 5.11 Å². The third kappa shape index (κ3) is 3.00. The molecule has 0 radical (unpaired) electrons. The average Bonchev–Trinajstić information content (AvgIpc) is 2.36. The summed E-state index contributed by atoms with van der Waals surface area (Å²) in [6, 6.07) is 4.10. The molecule has 0 aromatic carbocycles. The van der Waals surface area contributed by atoms with Gasteiger partial charge in [0.2, 0.25) is 0 Å². The quantitative estimate of drug-likeness (QED) is 0.855. The van der Waals surface area contributed by atoms with Crippen LogP contribution in [0.1, 0.15) is 31.2 Å². The van der Waals surface area contributed by atoms with E-state index in [1.54, 1.807) is 6.07 Å². The summed E-state index contributed by atoms with van der Waals surface area (Å²) in [5.74, 6) is 0.871. The lowest BCUT2D eigenvalue weighted by atomic mass is 9.93. The second kappa shape index (κ2) is 5.67. The fourth-order valence-corrected chi connectivity index (χ4v) is 2.59. The van der Waals surface area contributed by atoms with Crippen molar-refractivity contribution in [1.29, 1.82) is 0 Å². The number of piperidine rings is 1. The van der Waals surface area contributed by atoms with Crippen LogP contribution in [0.5, 0.6) is 5.75 Å². The summed E-state index contributed by atoms with van der Waals surface area (Å²) in [6.45, 7) is 6.65. The van der Waals surface area contributed by atoms with Crippen molar-refractivity contribution < 1.29 is 5.11 Å². The van der Waals surface area contributed by atoms with Crippen LogP contribution in [0.15, 0.2) is 12.1 Å². The van der Waals surface area contributed by atoms with Crippen molar-refractivity contribution in [3.05, 3.63) is 23.5 Å². The Labute approximate surface area is 109 Å². The molecule has 4 heteroatoms. The number of nitrogens with two attached hydrogens (primary N) is 1. The monoisotopic (exact) mass is 249 g/mol. The van der Waals surface area contributed by atoms with Crippen molar-refractivity contribution in [2.75, 3.05) is 13.1 Å². The van der Waals surface area contributed by atoms with Crippen LogP contribution in [0.3, 0.4) is 0 Å². The number of aromatic hydroxyl groups is 1. The topological polar surface area (TPSA) is 62.4 Å². The Morgan fingerprint density at radius 1 is 1.44 bits per heavy atom. The summed E-state index contributed by atoms with van der Waals surface area (Å²) in [5, 5.41) is 9.86. The zero-order valence-electron chi connectivity index (χ0n) is 11.3. The molecule has 3 N–H and O–H groups in total. The van der Waals surface area contributed by atoms with Gasteiger partial charge >= 0.3 is 0 Å². The molecule has 0 spiro atoms. The first-order valence-electron chi connectivity index (χ1n) is 6.69. The van der Waals surface area contributed by atoms with E-state index in [-0.39, 0.29) is 0 Å². The number of aryl methyl sites for hydroxylation is 1. The minimum Gasteiger partial charge on any atom is -0.506 e. The molecule has 2 atom stereocenters. The molecule has 1 aliphatic heterocycles. The van der Waals surface area contributed by atoms with Gasteiger partial charge in [0.15, 0.2) is 0 Å². The van der Waals surface area contributed by atoms with Crippen molar-refractivity contribution in [3.8, 4) is 5.75 Å². The van der Waals surface area contributed by atoms with E-state index >= 15 is 0 Å². The first-order valence-corrected chi connectivity index (χ1v) is 6.69. The number of pyridine rings is 1. The fourth-order valence-electron chi connectivity index (χ4n) is 2.59. The highest BCUT2D eigenvalue weighted by atomic mass is 16.3. The van der Waals surface area contributed by atoms with Crippen molar-refractivity contribution in [2.45, 2.75) is 39.3 Å². The summed E-state index contributed by atoms with van der Waals surface area (Å²) < 4.78 is 0. The van der Waals surface area contributed by atoms with Gasteiger partial charge in [0, 0.05) is 24.8 Å².